The minimum Gasteiger partial charge on any atom is -0.374 e. The topological polar surface area (TPSA) is 42.1 Å². The van der Waals surface area contributed by atoms with Crippen molar-refractivity contribution in [3.8, 4) is 0 Å². The predicted octanol–water partition coefficient (Wildman–Crippen LogP) is 1.26. The Morgan fingerprint density at radius 1 is 1.42 bits per heavy atom. The molecular weight excluding hydrogens is 154 g/mol. The molecule has 0 aliphatic heterocycles. The minimum absolute atomic E-state index is 0.0920. The van der Waals surface area contributed by atoms with E-state index in [-0.39, 0.29) is 11.2 Å². The van der Waals surface area contributed by atoms with Gasteiger partial charge in [-0.25, -0.2) is 0 Å². The standard InChI is InChI=1S/C9H13NO2/c1-9(2,12-3)7-4-5-8(11)10-6-7/h4-6H,1-3H3,(H,10,11). The lowest BCUT2D eigenvalue weighted by molar-refractivity contribution is 0.0189. The molecule has 0 fully saturated rings. The lowest BCUT2D eigenvalue weighted by Gasteiger charge is -2.22. The first-order chi connectivity index (χ1) is 5.56. The summed E-state index contributed by atoms with van der Waals surface area (Å²) in [6.07, 6.45) is 1.67. The second kappa shape index (κ2) is 3.11. The largest absolute Gasteiger partial charge is 0.374 e. The van der Waals surface area contributed by atoms with Crippen molar-refractivity contribution in [2.45, 2.75) is 19.4 Å². The van der Waals surface area contributed by atoms with Gasteiger partial charge in [0, 0.05) is 19.4 Å². The summed E-state index contributed by atoms with van der Waals surface area (Å²) in [6, 6.07) is 3.26. The fourth-order valence-electron chi connectivity index (χ4n) is 0.903. The van der Waals surface area contributed by atoms with E-state index in [1.807, 2.05) is 13.8 Å². The lowest BCUT2D eigenvalue weighted by atomic mass is 10.0. The first-order valence-electron chi connectivity index (χ1n) is 3.80. The molecule has 0 aliphatic carbocycles. The summed E-state index contributed by atoms with van der Waals surface area (Å²) in [5.41, 5.74) is 0.528. The molecule has 0 bridgehead atoms. The third-order valence-electron chi connectivity index (χ3n) is 1.99. The molecule has 3 heteroatoms. The third-order valence-corrected chi connectivity index (χ3v) is 1.99. The number of H-pyrrole nitrogens is 1. The molecule has 0 saturated carbocycles. The number of pyridine rings is 1. The van der Waals surface area contributed by atoms with E-state index in [2.05, 4.69) is 4.98 Å². The maximum Gasteiger partial charge on any atom is 0.247 e. The second-order valence-electron chi connectivity index (χ2n) is 3.16. The van der Waals surface area contributed by atoms with Crippen LogP contribution in [0.15, 0.2) is 23.1 Å². The highest BCUT2D eigenvalue weighted by atomic mass is 16.5. The second-order valence-corrected chi connectivity index (χ2v) is 3.16. The average Bonchev–Trinajstić information content (AvgIpc) is 2.05. The number of nitrogens with one attached hydrogen (secondary N) is 1. The van der Waals surface area contributed by atoms with Crippen LogP contribution in [0.2, 0.25) is 0 Å². The molecule has 1 N–H and O–H groups in total. The Morgan fingerprint density at radius 3 is 2.50 bits per heavy atom. The van der Waals surface area contributed by atoms with Gasteiger partial charge in [-0.2, -0.15) is 0 Å². The van der Waals surface area contributed by atoms with Crippen molar-refractivity contribution in [1.82, 2.24) is 4.98 Å². The van der Waals surface area contributed by atoms with E-state index >= 15 is 0 Å². The molecule has 66 valence electrons. The van der Waals surface area contributed by atoms with Crippen LogP contribution in [0.1, 0.15) is 19.4 Å². The van der Waals surface area contributed by atoms with Crippen molar-refractivity contribution in [1.29, 1.82) is 0 Å². The quantitative estimate of drug-likeness (QED) is 0.720. The molecule has 1 heterocycles. The van der Waals surface area contributed by atoms with Gasteiger partial charge in [-0.15, -0.1) is 0 Å². The monoisotopic (exact) mass is 167 g/mol. The van der Waals surface area contributed by atoms with Crippen molar-refractivity contribution in [3.05, 3.63) is 34.2 Å². The van der Waals surface area contributed by atoms with Crippen molar-refractivity contribution < 1.29 is 4.74 Å². The van der Waals surface area contributed by atoms with Gasteiger partial charge in [0.2, 0.25) is 5.56 Å². The van der Waals surface area contributed by atoms with Crippen LogP contribution in [-0.4, -0.2) is 12.1 Å². The van der Waals surface area contributed by atoms with Gasteiger partial charge in [-0.1, -0.05) is 0 Å². The Morgan fingerprint density at radius 2 is 2.08 bits per heavy atom. The van der Waals surface area contributed by atoms with Gasteiger partial charge in [0.25, 0.3) is 0 Å². The van der Waals surface area contributed by atoms with Gasteiger partial charge >= 0.3 is 0 Å². The van der Waals surface area contributed by atoms with Gasteiger partial charge < -0.3 is 9.72 Å². The van der Waals surface area contributed by atoms with Gasteiger partial charge in [0.05, 0.1) is 5.60 Å². The normalized spacial score (nSPS) is 11.6. The fourth-order valence-corrected chi connectivity index (χ4v) is 0.903. The molecule has 0 unspecified atom stereocenters. The molecule has 12 heavy (non-hydrogen) atoms. The number of methoxy groups -OCH3 is 1. The zero-order valence-electron chi connectivity index (χ0n) is 7.55. The SMILES string of the molecule is COC(C)(C)c1ccc(=O)[nH]c1. The Kier molecular flexibility index (Phi) is 2.33. The van der Waals surface area contributed by atoms with Crippen molar-refractivity contribution >= 4 is 0 Å². The zero-order valence-corrected chi connectivity index (χ0v) is 7.55. The summed E-state index contributed by atoms with van der Waals surface area (Å²) < 4.78 is 5.24. The average molecular weight is 167 g/mol. The lowest BCUT2D eigenvalue weighted by Crippen LogP contribution is -2.20. The van der Waals surface area contributed by atoms with Gasteiger partial charge in [0.1, 0.15) is 0 Å². The molecule has 3 nitrogen and oxygen atoms in total. The van der Waals surface area contributed by atoms with E-state index in [4.69, 9.17) is 4.74 Å². The Balaban J connectivity index is 3.04. The Labute approximate surface area is 71.4 Å². The number of ether oxygens (including phenoxy) is 1. The first-order valence-corrected chi connectivity index (χ1v) is 3.80. The van der Waals surface area contributed by atoms with Crippen LogP contribution < -0.4 is 5.56 Å². The highest BCUT2D eigenvalue weighted by Gasteiger charge is 2.18. The Hall–Kier alpha value is -1.09. The Bertz CT molecular complexity index is 294. The van der Waals surface area contributed by atoms with E-state index < -0.39 is 0 Å². The fraction of sp³-hybridized carbons (Fsp3) is 0.444. The smallest absolute Gasteiger partial charge is 0.247 e. The summed E-state index contributed by atoms with van der Waals surface area (Å²) in [7, 11) is 1.64. The summed E-state index contributed by atoms with van der Waals surface area (Å²) in [4.78, 5) is 13.3. The number of hydrogen-bond donors (Lipinski definition) is 1. The van der Waals surface area contributed by atoms with E-state index in [0.717, 1.165) is 5.56 Å². The molecule has 0 aliphatic rings. The van der Waals surface area contributed by atoms with Crippen LogP contribution in [0.25, 0.3) is 0 Å². The maximum atomic E-state index is 10.7. The van der Waals surface area contributed by atoms with Crippen LogP contribution in [0.5, 0.6) is 0 Å². The molecule has 0 saturated heterocycles. The minimum atomic E-state index is -0.343. The van der Waals surface area contributed by atoms with Crippen LogP contribution in [0.3, 0.4) is 0 Å². The van der Waals surface area contributed by atoms with Crippen LogP contribution >= 0.6 is 0 Å². The number of rotatable bonds is 2. The summed E-state index contributed by atoms with van der Waals surface area (Å²) in [5.74, 6) is 0. The predicted molar refractivity (Wildman–Crippen MR) is 47.1 cm³/mol. The molecule has 1 aromatic rings. The van der Waals surface area contributed by atoms with Crippen molar-refractivity contribution in [2.24, 2.45) is 0 Å². The summed E-state index contributed by atoms with van der Waals surface area (Å²) >= 11 is 0. The van der Waals surface area contributed by atoms with Gasteiger partial charge in [-0.05, 0) is 25.5 Å². The molecule has 1 aromatic heterocycles. The number of aromatic amines is 1. The van der Waals surface area contributed by atoms with Crippen LogP contribution in [-0.2, 0) is 10.3 Å². The van der Waals surface area contributed by atoms with Gasteiger partial charge in [0.15, 0.2) is 0 Å². The van der Waals surface area contributed by atoms with E-state index in [1.54, 1.807) is 19.4 Å². The van der Waals surface area contributed by atoms with Crippen LogP contribution in [0.4, 0.5) is 0 Å². The van der Waals surface area contributed by atoms with E-state index in [0.29, 0.717) is 0 Å². The molecule has 0 radical (unpaired) electrons. The highest BCUT2D eigenvalue weighted by molar-refractivity contribution is 5.16. The molecule has 0 aromatic carbocycles. The van der Waals surface area contributed by atoms with E-state index in [1.165, 1.54) is 6.07 Å². The number of aromatic nitrogens is 1. The van der Waals surface area contributed by atoms with Crippen LogP contribution in [0, 0.1) is 0 Å². The molecule has 0 atom stereocenters. The molecule has 0 amide bonds. The first kappa shape index (κ1) is 9.00. The third kappa shape index (κ3) is 1.74. The maximum absolute atomic E-state index is 10.7. The molecular formula is C9H13NO2. The van der Waals surface area contributed by atoms with Crippen molar-refractivity contribution in [3.63, 3.8) is 0 Å². The highest BCUT2D eigenvalue weighted by Crippen LogP contribution is 2.21. The zero-order chi connectivity index (χ0) is 9.19. The summed E-state index contributed by atoms with van der Waals surface area (Å²) in [6.45, 7) is 3.89. The number of hydrogen-bond acceptors (Lipinski definition) is 2. The van der Waals surface area contributed by atoms with Crippen molar-refractivity contribution in [2.75, 3.05) is 7.11 Å². The van der Waals surface area contributed by atoms with Gasteiger partial charge in [-0.3, -0.25) is 4.79 Å². The summed E-state index contributed by atoms with van der Waals surface area (Å²) in [5, 5.41) is 0. The van der Waals surface area contributed by atoms with E-state index in [9.17, 15) is 4.79 Å². The molecule has 0 spiro atoms. The molecule has 1 rings (SSSR count).